The van der Waals surface area contributed by atoms with E-state index >= 15 is 0 Å². The molecular formula is C17H36N+. The minimum absolute atomic E-state index is 1.37. The maximum atomic E-state index is 2.39. The highest BCUT2D eigenvalue weighted by molar-refractivity contribution is 4.55. The van der Waals surface area contributed by atoms with E-state index in [1.807, 2.05) is 0 Å². The Morgan fingerprint density at radius 1 is 0.667 bits per heavy atom. The molecule has 1 aliphatic heterocycles. The zero-order chi connectivity index (χ0) is 13.1. The second-order valence-electron chi connectivity index (χ2n) is 6.36. The Bertz CT molecular complexity index is 182. The first-order valence-electron chi connectivity index (χ1n) is 8.68. The molecule has 0 spiro atoms. The van der Waals surface area contributed by atoms with Gasteiger partial charge in [-0.25, -0.2) is 0 Å². The molecule has 1 nitrogen and oxygen atoms in total. The van der Waals surface area contributed by atoms with E-state index in [1.54, 1.807) is 0 Å². The first-order chi connectivity index (χ1) is 8.83. The normalized spacial score (nSPS) is 18.3. The molecule has 0 N–H and O–H groups in total. The van der Waals surface area contributed by atoms with Crippen molar-refractivity contribution in [1.29, 1.82) is 0 Å². The molecule has 0 aromatic heterocycles. The second-order valence-corrected chi connectivity index (χ2v) is 6.36. The van der Waals surface area contributed by atoms with Gasteiger partial charge >= 0.3 is 0 Å². The van der Waals surface area contributed by atoms with Crippen molar-refractivity contribution in [2.75, 3.05) is 26.2 Å². The minimum Gasteiger partial charge on any atom is -0.324 e. The van der Waals surface area contributed by atoms with Gasteiger partial charge in [-0.15, -0.1) is 0 Å². The van der Waals surface area contributed by atoms with Crippen LogP contribution in [-0.2, 0) is 0 Å². The van der Waals surface area contributed by atoms with Crippen molar-refractivity contribution in [3.63, 3.8) is 0 Å². The summed E-state index contributed by atoms with van der Waals surface area (Å²) in [5.41, 5.74) is 0. The summed E-state index contributed by atoms with van der Waals surface area (Å²) in [4.78, 5) is 0. The molecule has 1 heterocycles. The predicted octanol–water partition coefficient (Wildman–Crippen LogP) is 5.15. The molecule has 0 radical (unpaired) electrons. The lowest BCUT2D eigenvalue weighted by atomic mass is 10.1. The van der Waals surface area contributed by atoms with Crippen LogP contribution in [0.4, 0.5) is 0 Å². The van der Waals surface area contributed by atoms with Crippen LogP contribution in [-0.4, -0.2) is 30.7 Å². The van der Waals surface area contributed by atoms with E-state index in [0.29, 0.717) is 0 Å². The summed E-state index contributed by atoms with van der Waals surface area (Å²) in [5.74, 6) is 0. The molecule has 0 bridgehead atoms. The molecule has 1 rings (SSSR count). The number of quaternary nitrogens is 1. The standard InChI is InChI=1S/C17H36N/c1-3-5-6-7-8-9-10-11-12-15-18(4-2)16-13-14-17-18/h3-17H2,1-2H3/q+1. The maximum Gasteiger partial charge on any atom is 0.0788 e. The zero-order valence-corrected chi connectivity index (χ0v) is 13.1. The fraction of sp³-hybridized carbons (Fsp3) is 1.00. The Morgan fingerprint density at radius 2 is 1.17 bits per heavy atom. The first-order valence-corrected chi connectivity index (χ1v) is 8.68. The summed E-state index contributed by atoms with van der Waals surface area (Å²) in [6, 6.07) is 0. The second kappa shape index (κ2) is 9.83. The van der Waals surface area contributed by atoms with Crippen LogP contribution in [0.25, 0.3) is 0 Å². The van der Waals surface area contributed by atoms with Crippen LogP contribution >= 0.6 is 0 Å². The average Bonchev–Trinajstić information content (AvgIpc) is 2.86. The largest absolute Gasteiger partial charge is 0.324 e. The Morgan fingerprint density at radius 3 is 1.67 bits per heavy atom. The van der Waals surface area contributed by atoms with Crippen LogP contribution in [0.15, 0.2) is 0 Å². The Labute approximate surface area is 116 Å². The molecule has 1 fully saturated rings. The van der Waals surface area contributed by atoms with Crippen LogP contribution in [0.5, 0.6) is 0 Å². The van der Waals surface area contributed by atoms with Gasteiger partial charge in [0.1, 0.15) is 0 Å². The molecule has 0 aliphatic carbocycles. The molecule has 0 aromatic rings. The maximum absolute atomic E-state index is 2.39. The van der Waals surface area contributed by atoms with Gasteiger partial charge in [0.15, 0.2) is 0 Å². The Hall–Kier alpha value is -0.0400. The van der Waals surface area contributed by atoms with E-state index in [0.717, 1.165) is 0 Å². The molecule has 0 saturated carbocycles. The van der Waals surface area contributed by atoms with Crippen molar-refractivity contribution in [3.05, 3.63) is 0 Å². The van der Waals surface area contributed by atoms with E-state index in [2.05, 4.69) is 13.8 Å². The van der Waals surface area contributed by atoms with Gasteiger partial charge in [-0.2, -0.15) is 0 Å². The SMILES string of the molecule is CCCCCCCCCCC[N+]1(CC)CCCC1. The average molecular weight is 254 g/mol. The third-order valence-electron chi connectivity index (χ3n) is 4.92. The van der Waals surface area contributed by atoms with E-state index in [1.165, 1.54) is 101 Å². The lowest BCUT2D eigenvalue weighted by Crippen LogP contribution is -2.45. The molecule has 0 aromatic carbocycles. The molecule has 18 heavy (non-hydrogen) atoms. The Balaban J connectivity index is 1.89. The van der Waals surface area contributed by atoms with Crippen LogP contribution in [0.1, 0.15) is 84.5 Å². The summed E-state index contributed by atoms with van der Waals surface area (Å²) in [5, 5.41) is 0. The van der Waals surface area contributed by atoms with E-state index in [9.17, 15) is 0 Å². The number of nitrogens with zero attached hydrogens (tertiary/aromatic N) is 1. The van der Waals surface area contributed by atoms with Gasteiger partial charge < -0.3 is 4.48 Å². The summed E-state index contributed by atoms with van der Waals surface area (Å²) < 4.78 is 1.44. The highest BCUT2D eigenvalue weighted by atomic mass is 15.4. The van der Waals surface area contributed by atoms with Gasteiger partial charge in [-0.1, -0.05) is 51.9 Å². The van der Waals surface area contributed by atoms with Crippen molar-refractivity contribution in [1.82, 2.24) is 0 Å². The fourth-order valence-electron chi connectivity index (χ4n) is 3.46. The minimum atomic E-state index is 1.37. The lowest BCUT2D eigenvalue weighted by Gasteiger charge is -2.33. The van der Waals surface area contributed by atoms with Gasteiger partial charge in [0, 0.05) is 12.8 Å². The van der Waals surface area contributed by atoms with E-state index < -0.39 is 0 Å². The number of rotatable bonds is 11. The summed E-state index contributed by atoms with van der Waals surface area (Å²) in [6.07, 6.45) is 16.1. The molecule has 1 heteroatoms. The Kier molecular flexibility index (Phi) is 8.75. The van der Waals surface area contributed by atoms with E-state index in [4.69, 9.17) is 0 Å². The third-order valence-corrected chi connectivity index (χ3v) is 4.92. The first kappa shape index (κ1) is 16.0. The molecular weight excluding hydrogens is 218 g/mol. The topological polar surface area (TPSA) is 0 Å². The van der Waals surface area contributed by atoms with Gasteiger partial charge in [0.2, 0.25) is 0 Å². The molecule has 1 aliphatic rings. The number of hydrogen-bond acceptors (Lipinski definition) is 0. The molecule has 108 valence electrons. The number of unbranched alkanes of at least 4 members (excludes halogenated alkanes) is 8. The summed E-state index contributed by atoms with van der Waals surface area (Å²) in [6.45, 7) is 10.5. The lowest BCUT2D eigenvalue weighted by molar-refractivity contribution is -0.915. The van der Waals surface area contributed by atoms with E-state index in [-0.39, 0.29) is 0 Å². The fourth-order valence-corrected chi connectivity index (χ4v) is 3.46. The highest BCUT2D eigenvalue weighted by Crippen LogP contribution is 2.20. The van der Waals surface area contributed by atoms with Crippen LogP contribution < -0.4 is 0 Å². The number of likely N-dealkylation sites (tertiary alicyclic amines) is 1. The summed E-state index contributed by atoms with van der Waals surface area (Å²) in [7, 11) is 0. The van der Waals surface area contributed by atoms with Crippen molar-refractivity contribution < 1.29 is 4.48 Å². The van der Waals surface area contributed by atoms with Crippen molar-refractivity contribution in [3.8, 4) is 0 Å². The summed E-state index contributed by atoms with van der Waals surface area (Å²) >= 11 is 0. The predicted molar refractivity (Wildman–Crippen MR) is 81.9 cm³/mol. The monoisotopic (exact) mass is 254 g/mol. The van der Waals surface area contributed by atoms with Crippen LogP contribution in [0.2, 0.25) is 0 Å². The third kappa shape index (κ3) is 6.22. The molecule has 0 unspecified atom stereocenters. The quantitative estimate of drug-likeness (QED) is 0.353. The smallest absolute Gasteiger partial charge is 0.0788 e. The van der Waals surface area contributed by atoms with Crippen molar-refractivity contribution >= 4 is 0 Å². The van der Waals surface area contributed by atoms with Crippen LogP contribution in [0, 0.1) is 0 Å². The van der Waals surface area contributed by atoms with Gasteiger partial charge in [0.25, 0.3) is 0 Å². The van der Waals surface area contributed by atoms with Gasteiger partial charge in [-0.3, -0.25) is 0 Å². The van der Waals surface area contributed by atoms with Crippen molar-refractivity contribution in [2.24, 2.45) is 0 Å². The highest BCUT2D eigenvalue weighted by Gasteiger charge is 2.28. The zero-order valence-electron chi connectivity index (χ0n) is 13.1. The van der Waals surface area contributed by atoms with Crippen molar-refractivity contribution in [2.45, 2.75) is 84.5 Å². The van der Waals surface area contributed by atoms with Gasteiger partial charge in [0.05, 0.1) is 26.2 Å². The molecule has 0 atom stereocenters. The number of hydrogen-bond donors (Lipinski definition) is 0. The van der Waals surface area contributed by atoms with Gasteiger partial charge in [-0.05, 0) is 19.8 Å². The molecule has 1 saturated heterocycles. The van der Waals surface area contributed by atoms with Crippen LogP contribution in [0.3, 0.4) is 0 Å². The molecule has 0 amide bonds.